The van der Waals surface area contributed by atoms with Crippen LogP contribution in [-0.4, -0.2) is 79.1 Å². The van der Waals surface area contributed by atoms with Gasteiger partial charge in [-0.05, 0) is 67.5 Å². The summed E-state index contributed by atoms with van der Waals surface area (Å²) < 4.78 is 11.2. The van der Waals surface area contributed by atoms with Crippen molar-refractivity contribution < 1.29 is 19.4 Å². The highest BCUT2D eigenvalue weighted by Crippen LogP contribution is 2.40. The van der Waals surface area contributed by atoms with Gasteiger partial charge >= 0.3 is 0 Å². The van der Waals surface area contributed by atoms with Crippen molar-refractivity contribution in [1.82, 2.24) is 9.80 Å². The summed E-state index contributed by atoms with van der Waals surface area (Å²) in [6.07, 6.45) is 4.92. The molecule has 3 N–H and O–H groups in total. The van der Waals surface area contributed by atoms with Crippen LogP contribution in [0.15, 0.2) is 42.5 Å². The van der Waals surface area contributed by atoms with Gasteiger partial charge < -0.3 is 30.1 Å². The zero-order valence-electron chi connectivity index (χ0n) is 22.6. The predicted molar refractivity (Wildman–Crippen MR) is 149 cm³/mol. The van der Waals surface area contributed by atoms with Crippen molar-refractivity contribution in [2.24, 2.45) is 5.73 Å². The number of nitrogens with two attached hydrogens (primary N) is 1. The molecular weight excluding hydrogens is 480 g/mol. The summed E-state index contributed by atoms with van der Waals surface area (Å²) in [5, 5.41) is 10.8. The van der Waals surface area contributed by atoms with Crippen LogP contribution in [0.3, 0.4) is 0 Å². The van der Waals surface area contributed by atoms with Crippen LogP contribution in [0.2, 0.25) is 0 Å². The Kier molecular flexibility index (Phi) is 8.72. The number of ether oxygens (including phenoxy) is 2. The fourth-order valence-corrected chi connectivity index (χ4v) is 6.14. The summed E-state index contributed by atoms with van der Waals surface area (Å²) in [5.74, 6) is 2.10. The smallest absolute Gasteiger partial charge is 0.236 e. The van der Waals surface area contributed by atoms with Crippen LogP contribution in [0, 0.1) is 0 Å². The number of hydrogen-bond acceptors (Lipinski definition) is 7. The first-order valence-electron chi connectivity index (χ1n) is 14.2. The summed E-state index contributed by atoms with van der Waals surface area (Å²) in [7, 11) is 0. The number of para-hydroxylation sites is 1. The van der Waals surface area contributed by atoms with Crippen molar-refractivity contribution in [3.05, 3.63) is 53.6 Å². The Morgan fingerprint density at radius 2 is 1.95 bits per heavy atom. The molecule has 1 amide bonds. The SMILES string of the molecule is CCCCN(CCCN)C(=O)CN1C[C@H](c2ccc3c(c2)OCO3)C[C@@H]1CCN1c2ccccc2CC1O. The number of hydrogen-bond donors (Lipinski definition) is 2. The van der Waals surface area contributed by atoms with Crippen molar-refractivity contribution >= 4 is 11.6 Å². The van der Waals surface area contributed by atoms with Crippen LogP contribution in [0.5, 0.6) is 11.5 Å². The molecule has 8 heteroatoms. The third kappa shape index (κ3) is 5.92. The van der Waals surface area contributed by atoms with Crippen molar-refractivity contribution in [2.75, 3.05) is 51.0 Å². The number of unbranched alkanes of at least 4 members (excludes halogenated alkanes) is 1. The Bertz CT molecular complexity index is 1090. The number of fused-ring (bicyclic) bond motifs is 2. The maximum atomic E-state index is 13.5. The highest BCUT2D eigenvalue weighted by atomic mass is 16.7. The second kappa shape index (κ2) is 12.4. The molecular formula is C30H42N4O4. The minimum absolute atomic E-state index is 0.190. The first kappa shape index (κ1) is 26.8. The molecule has 0 saturated carbocycles. The number of nitrogens with zero attached hydrogens (tertiary/aromatic N) is 3. The molecule has 2 aromatic carbocycles. The van der Waals surface area contributed by atoms with Gasteiger partial charge in [-0.25, -0.2) is 0 Å². The van der Waals surface area contributed by atoms with Gasteiger partial charge in [-0.3, -0.25) is 9.69 Å². The van der Waals surface area contributed by atoms with Crippen LogP contribution in [0.1, 0.15) is 56.1 Å². The first-order valence-corrected chi connectivity index (χ1v) is 14.2. The molecule has 3 atom stereocenters. The van der Waals surface area contributed by atoms with Gasteiger partial charge in [0.2, 0.25) is 12.7 Å². The summed E-state index contributed by atoms with van der Waals surface area (Å²) in [6.45, 7) is 6.52. The molecule has 0 spiro atoms. The average molecular weight is 523 g/mol. The monoisotopic (exact) mass is 522 g/mol. The van der Waals surface area contributed by atoms with Crippen molar-refractivity contribution in [3.63, 3.8) is 0 Å². The maximum absolute atomic E-state index is 13.5. The van der Waals surface area contributed by atoms with Crippen LogP contribution in [-0.2, 0) is 11.2 Å². The van der Waals surface area contributed by atoms with E-state index in [0.717, 1.165) is 75.5 Å². The highest BCUT2D eigenvalue weighted by molar-refractivity contribution is 5.78. The van der Waals surface area contributed by atoms with Gasteiger partial charge in [0.05, 0.1) is 6.54 Å². The van der Waals surface area contributed by atoms with E-state index in [4.69, 9.17) is 15.2 Å². The van der Waals surface area contributed by atoms with E-state index >= 15 is 0 Å². The molecule has 8 nitrogen and oxygen atoms in total. The first-order chi connectivity index (χ1) is 18.6. The van der Waals surface area contributed by atoms with E-state index in [1.165, 1.54) is 11.1 Å². The molecule has 3 aliphatic heterocycles. The molecule has 0 aliphatic carbocycles. The highest BCUT2D eigenvalue weighted by Gasteiger charge is 2.36. The molecule has 1 saturated heterocycles. The zero-order chi connectivity index (χ0) is 26.5. The molecule has 2 aromatic rings. The number of carbonyl (C=O) groups excluding carboxylic acids is 1. The van der Waals surface area contributed by atoms with Crippen LogP contribution in [0.4, 0.5) is 5.69 Å². The Labute approximate surface area is 226 Å². The normalized spacial score (nSPS) is 22.2. The predicted octanol–water partition coefficient (Wildman–Crippen LogP) is 3.32. The zero-order valence-corrected chi connectivity index (χ0v) is 22.6. The van der Waals surface area contributed by atoms with Gasteiger partial charge in [0.15, 0.2) is 11.5 Å². The van der Waals surface area contributed by atoms with E-state index < -0.39 is 6.23 Å². The molecule has 0 bridgehead atoms. The molecule has 0 aromatic heterocycles. The lowest BCUT2D eigenvalue weighted by molar-refractivity contribution is -0.132. The summed E-state index contributed by atoms with van der Waals surface area (Å²) >= 11 is 0. The summed E-state index contributed by atoms with van der Waals surface area (Å²) in [5.41, 5.74) is 9.32. The van der Waals surface area contributed by atoms with Gasteiger partial charge in [0.1, 0.15) is 6.23 Å². The number of amides is 1. The number of rotatable bonds is 12. The fourth-order valence-electron chi connectivity index (χ4n) is 6.14. The van der Waals surface area contributed by atoms with E-state index in [9.17, 15) is 9.90 Å². The van der Waals surface area contributed by atoms with E-state index in [-0.39, 0.29) is 18.7 Å². The van der Waals surface area contributed by atoms with Crippen LogP contribution >= 0.6 is 0 Å². The number of aliphatic hydroxyl groups is 1. The standard InChI is InChI=1S/C30H42N4O4/c1-2-3-13-32(14-6-12-31)30(36)20-33-19-24(22-9-10-27-28(17-22)38-21-37-27)16-25(33)11-15-34-26-8-5-4-7-23(26)18-29(34)35/h4-5,7-10,17,24-25,29,35H,2-3,6,11-16,18-21,31H2,1H3/t24-,25+,29?/m1/s1. The van der Waals surface area contributed by atoms with Gasteiger partial charge in [-0.2, -0.15) is 0 Å². The molecule has 1 unspecified atom stereocenters. The molecule has 38 heavy (non-hydrogen) atoms. The topological polar surface area (TPSA) is 91.5 Å². The number of carbonyl (C=O) groups is 1. The number of benzene rings is 2. The third-order valence-electron chi connectivity index (χ3n) is 8.27. The van der Waals surface area contributed by atoms with Crippen LogP contribution < -0.4 is 20.1 Å². The van der Waals surface area contributed by atoms with Gasteiger partial charge in [0, 0.05) is 44.3 Å². The quantitative estimate of drug-likeness (QED) is 0.442. The van der Waals surface area contributed by atoms with Gasteiger partial charge in [0.25, 0.3) is 0 Å². The minimum atomic E-state index is -0.491. The minimum Gasteiger partial charge on any atom is -0.454 e. The molecule has 0 radical (unpaired) electrons. The average Bonchev–Trinajstić information content (AvgIpc) is 3.63. The van der Waals surface area contributed by atoms with Gasteiger partial charge in [-0.1, -0.05) is 37.6 Å². The number of anilines is 1. The van der Waals surface area contributed by atoms with Crippen molar-refractivity contribution in [1.29, 1.82) is 0 Å². The van der Waals surface area contributed by atoms with E-state index in [1.807, 2.05) is 23.1 Å². The lowest BCUT2D eigenvalue weighted by Crippen LogP contribution is -2.44. The van der Waals surface area contributed by atoms with Crippen molar-refractivity contribution in [3.8, 4) is 11.5 Å². The largest absolute Gasteiger partial charge is 0.454 e. The molecule has 3 heterocycles. The van der Waals surface area contributed by atoms with Gasteiger partial charge in [-0.15, -0.1) is 0 Å². The molecule has 206 valence electrons. The van der Waals surface area contributed by atoms with Crippen LogP contribution in [0.25, 0.3) is 0 Å². The summed E-state index contributed by atoms with van der Waals surface area (Å²) in [4.78, 5) is 20.0. The Balaban J connectivity index is 1.30. The Morgan fingerprint density at radius 1 is 1.13 bits per heavy atom. The second-order valence-corrected chi connectivity index (χ2v) is 10.8. The van der Waals surface area contributed by atoms with E-state index in [2.05, 4.69) is 41.0 Å². The lowest BCUT2D eigenvalue weighted by atomic mass is 9.95. The fraction of sp³-hybridized carbons (Fsp3) is 0.567. The Morgan fingerprint density at radius 3 is 2.79 bits per heavy atom. The molecule has 3 aliphatic rings. The second-order valence-electron chi connectivity index (χ2n) is 10.8. The maximum Gasteiger partial charge on any atom is 0.236 e. The molecule has 5 rings (SSSR count). The number of likely N-dealkylation sites (tertiary alicyclic amines) is 1. The molecule has 1 fully saturated rings. The summed E-state index contributed by atoms with van der Waals surface area (Å²) in [6, 6.07) is 14.7. The number of aliphatic hydroxyl groups excluding tert-OH is 1. The third-order valence-corrected chi connectivity index (χ3v) is 8.27. The lowest BCUT2D eigenvalue weighted by Gasteiger charge is -2.30. The Hall–Kier alpha value is -2.81. The van der Waals surface area contributed by atoms with E-state index in [0.29, 0.717) is 25.4 Å². The van der Waals surface area contributed by atoms with Crippen molar-refractivity contribution in [2.45, 2.75) is 63.6 Å². The van der Waals surface area contributed by atoms with E-state index in [1.54, 1.807) is 0 Å².